The quantitative estimate of drug-likeness (QED) is 0.600. The van der Waals surface area contributed by atoms with Crippen LogP contribution in [0.2, 0.25) is 0 Å². The molecular formula is C12H12N4. The molecule has 0 spiro atoms. The average Bonchev–Trinajstić information content (AvgIpc) is 2.79. The Hall–Kier alpha value is -2.36. The molecule has 3 N–H and O–H groups in total. The van der Waals surface area contributed by atoms with Crippen LogP contribution in [0.25, 0.3) is 11.0 Å². The van der Waals surface area contributed by atoms with Crippen molar-refractivity contribution in [3.05, 3.63) is 55.0 Å². The van der Waals surface area contributed by atoms with Gasteiger partial charge in [-0.25, -0.2) is 9.97 Å². The topological polar surface area (TPSA) is 67.6 Å². The summed E-state index contributed by atoms with van der Waals surface area (Å²) in [5.74, 6) is 0.572. The van der Waals surface area contributed by atoms with Gasteiger partial charge in [0.1, 0.15) is 5.82 Å². The number of H-pyrrole nitrogens is 1. The second kappa shape index (κ2) is 4.93. The van der Waals surface area contributed by atoms with Crippen molar-refractivity contribution in [1.29, 1.82) is 0 Å². The molecule has 0 radical (unpaired) electrons. The van der Waals surface area contributed by atoms with Crippen LogP contribution >= 0.6 is 0 Å². The summed E-state index contributed by atoms with van der Waals surface area (Å²) in [6, 6.07) is 13.4. The third kappa shape index (κ3) is 2.57. The van der Waals surface area contributed by atoms with Crippen molar-refractivity contribution in [2.45, 2.75) is 0 Å². The molecule has 16 heavy (non-hydrogen) atoms. The molecule has 0 amide bonds. The van der Waals surface area contributed by atoms with E-state index in [-0.39, 0.29) is 0 Å². The van der Waals surface area contributed by atoms with Gasteiger partial charge in [-0.3, -0.25) is 0 Å². The van der Waals surface area contributed by atoms with Crippen LogP contribution in [0.4, 0.5) is 5.82 Å². The Labute approximate surface area is 93.2 Å². The van der Waals surface area contributed by atoms with Gasteiger partial charge in [0.2, 0.25) is 0 Å². The van der Waals surface area contributed by atoms with Crippen molar-refractivity contribution in [2.75, 3.05) is 5.73 Å². The molecule has 0 atom stereocenters. The SMILES string of the molecule is Nc1ccccn1.c1ccc2[nH]cnc2c1. The van der Waals surface area contributed by atoms with Crippen molar-refractivity contribution in [3.8, 4) is 0 Å². The first kappa shape index (κ1) is 10.2. The Morgan fingerprint density at radius 1 is 0.938 bits per heavy atom. The Morgan fingerprint density at radius 3 is 2.38 bits per heavy atom. The highest BCUT2D eigenvalue weighted by Gasteiger charge is 1.88. The van der Waals surface area contributed by atoms with Crippen LogP contribution in [0.15, 0.2) is 55.0 Å². The lowest BCUT2D eigenvalue weighted by Gasteiger charge is -1.82. The Kier molecular flexibility index (Phi) is 3.13. The highest BCUT2D eigenvalue weighted by Crippen LogP contribution is 2.05. The van der Waals surface area contributed by atoms with E-state index in [2.05, 4.69) is 15.0 Å². The molecule has 3 rings (SSSR count). The molecule has 0 aliphatic heterocycles. The van der Waals surface area contributed by atoms with E-state index in [1.165, 1.54) is 0 Å². The van der Waals surface area contributed by atoms with Gasteiger partial charge >= 0.3 is 0 Å². The summed E-state index contributed by atoms with van der Waals surface area (Å²) in [6.07, 6.45) is 3.36. The smallest absolute Gasteiger partial charge is 0.123 e. The van der Waals surface area contributed by atoms with Gasteiger partial charge in [0.25, 0.3) is 0 Å². The van der Waals surface area contributed by atoms with E-state index in [0.29, 0.717) is 5.82 Å². The van der Waals surface area contributed by atoms with E-state index in [0.717, 1.165) is 11.0 Å². The highest BCUT2D eigenvalue weighted by atomic mass is 14.9. The van der Waals surface area contributed by atoms with Crippen molar-refractivity contribution in [3.63, 3.8) is 0 Å². The van der Waals surface area contributed by atoms with E-state index in [1.54, 1.807) is 18.6 Å². The number of hydrogen-bond acceptors (Lipinski definition) is 3. The van der Waals surface area contributed by atoms with E-state index >= 15 is 0 Å². The van der Waals surface area contributed by atoms with Crippen molar-refractivity contribution in [2.24, 2.45) is 0 Å². The molecule has 0 saturated heterocycles. The number of fused-ring (bicyclic) bond motifs is 1. The zero-order chi connectivity index (χ0) is 11.2. The molecule has 0 saturated carbocycles. The van der Waals surface area contributed by atoms with Gasteiger partial charge in [0.15, 0.2) is 0 Å². The number of anilines is 1. The van der Waals surface area contributed by atoms with Gasteiger partial charge in [-0.15, -0.1) is 0 Å². The molecule has 0 bridgehead atoms. The summed E-state index contributed by atoms with van der Waals surface area (Å²) >= 11 is 0. The second-order valence-electron chi connectivity index (χ2n) is 3.17. The molecule has 3 aromatic rings. The maximum atomic E-state index is 5.25. The first-order valence-electron chi connectivity index (χ1n) is 4.91. The molecular weight excluding hydrogens is 200 g/mol. The molecule has 4 heteroatoms. The van der Waals surface area contributed by atoms with Crippen LogP contribution in [-0.4, -0.2) is 15.0 Å². The average molecular weight is 212 g/mol. The highest BCUT2D eigenvalue weighted by molar-refractivity contribution is 5.73. The predicted molar refractivity (Wildman–Crippen MR) is 64.7 cm³/mol. The monoisotopic (exact) mass is 212 g/mol. The molecule has 0 unspecified atom stereocenters. The Bertz CT molecular complexity index is 515. The summed E-state index contributed by atoms with van der Waals surface area (Å²) in [5.41, 5.74) is 7.37. The van der Waals surface area contributed by atoms with Crippen LogP contribution < -0.4 is 5.73 Å². The first-order valence-corrected chi connectivity index (χ1v) is 4.91. The van der Waals surface area contributed by atoms with Gasteiger partial charge in [0.05, 0.1) is 17.4 Å². The maximum Gasteiger partial charge on any atom is 0.123 e. The Morgan fingerprint density at radius 2 is 1.75 bits per heavy atom. The van der Waals surface area contributed by atoms with Crippen molar-refractivity contribution >= 4 is 16.9 Å². The molecule has 4 nitrogen and oxygen atoms in total. The number of aromatic nitrogens is 3. The number of nitrogens with zero attached hydrogens (tertiary/aromatic N) is 2. The number of nitrogens with two attached hydrogens (primary N) is 1. The number of nitrogens with one attached hydrogen (secondary N) is 1. The van der Waals surface area contributed by atoms with E-state index in [1.807, 2.05) is 36.4 Å². The predicted octanol–water partition coefficient (Wildman–Crippen LogP) is 2.23. The number of rotatable bonds is 0. The van der Waals surface area contributed by atoms with E-state index in [4.69, 9.17) is 5.73 Å². The Balaban J connectivity index is 0.000000125. The lowest BCUT2D eigenvalue weighted by atomic mass is 10.3. The number of pyridine rings is 1. The molecule has 80 valence electrons. The fourth-order valence-electron chi connectivity index (χ4n) is 1.26. The second-order valence-corrected chi connectivity index (χ2v) is 3.17. The summed E-state index contributed by atoms with van der Waals surface area (Å²) < 4.78 is 0. The third-order valence-corrected chi connectivity index (χ3v) is 2.02. The van der Waals surface area contributed by atoms with E-state index < -0.39 is 0 Å². The molecule has 0 aliphatic rings. The largest absolute Gasteiger partial charge is 0.384 e. The standard InChI is InChI=1S/C7H6N2.C5H6N2/c1-2-4-7-6(3-1)8-5-9-7;6-5-3-1-2-4-7-5/h1-5H,(H,8,9);1-4H,(H2,6,7). The summed E-state index contributed by atoms with van der Waals surface area (Å²) in [4.78, 5) is 10.8. The lowest BCUT2D eigenvalue weighted by molar-refractivity contribution is 1.34. The minimum Gasteiger partial charge on any atom is -0.384 e. The molecule has 1 aromatic carbocycles. The minimum absolute atomic E-state index is 0.572. The van der Waals surface area contributed by atoms with Crippen molar-refractivity contribution in [1.82, 2.24) is 15.0 Å². The summed E-state index contributed by atoms with van der Waals surface area (Å²) in [6.45, 7) is 0. The van der Waals surface area contributed by atoms with Crippen LogP contribution in [0.3, 0.4) is 0 Å². The minimum atomic E-state index is 0.572. The lowest BCUT2D eigenvalue weighted by Crippen LogP contribution is -1.85. The zero-order valence-electron chi connectivity index (χ0n) is 8.67. The fraction of sp³-hybridized carbons (Fsp3) is 0. The summed E-state index contributed by atoms with van der Waals surface area (Å²) in [7, 11) is 0. The summed E-state index contributed by atoms with van der Waals surface area (Å²) in [5, 5.41) is 0. The van der Waals surface area contributed by atoms with Gasteiger partial charge in [-0.1, -0.05) is 18.2 Å². The third-order valence-electron chi connectivity index (χ3n) is 2.02. The number of benzene rings is 1. The molecule has 2 aromatic heterocycles. The van der Waals surface area contributed by atoms with Crippen LogP contribution in [0.1, 0.15) is 0 Å². The van der Waals surface area contributed by atoms with Crippen LogP contribution in [-0.2, 0) is 0 Å². The van der Waals surface area contributed by atoms with Crippen LogP contribution in [0, 0.1) is 0 Å². The zero-order valence-corrected chi connectivity index (χ0v) is 8.67. The fourth-order valence-corrected chi connectivity index (χ4v) is 1.26. The van der Waals surface area contributed by atoms with E-state index in [9.17, 15) is 0 Å². The number of imidazole rings is 1. The molecule has 2 heterocycles. The van der Waals surface area contributed by atoms with Gasteiger partial charge in [-0.2, -0.15) is 0 Å². The van der Waals surface area contributed by atoms with Gasteiger partial charge in [0, 0.05) is 6.20 Å². The van der Waals surface area contributed by atoms with Gasteiger partial charge < -0.3 is 10.7 Å². The molecule has 0 aliphatic carbocycles. The maximum absolute atomic E-state index is 5.25. The van der Waals surface area contributed by atoms with Gasteiger partial charge in [-0.05, 0) is 24.3 Å². The first-order chi connectivity index (χ1) is 7.86. The number of para-hydroxylation sites is 2. The number of hydrogen-bond donors (Lipinski definition) is 2. The molecule has 0 fully saturated rings. The van der Waals surface area contributed by atoms with Crippen molar-refractivity contribution < 1.29 is 0 Å². The number of aromatic amines is 1. The number of nitrogen functional groups attached to an aromatic ring is 1. The normalized spacial score (nSPS) is 9.50. The van der Waals surface area contributed by atoms with Crippen LogP contribution in [0.5, 0.6) is 0 Å².